The van der Waals surface area contributed by atoms with Gasteiger partial charge in [0.25, 0.3) is 17.0 Å². The van der Waals surface area contributed by atoms with E-state index in [0.717, 1.165) is 81.8 Å². The number of halogens is 2. The van der Waals surface area contributed by atoms with Crippen molar-refractivity contribution in [1.82, 2.24) is 29.9 Å². The van der Waals surface area contributed by atoms with Crippen LogP contribution in [0, 0.1) is 5.41 Å². The summed E-state index contributed by atoms with van der Waals surface area (Å²) in [6.07, 6.45) is 6.55. The highest BCUT2D eigenvalue weighted by Crippen LogP contribution is 2.28. The Hall–Kier alpha value is -4.51. The fourth-order valence-corrected chi connectivity index (χ4v) is 8.84. The van der Waals surface area contributed by atoms with Gasteiger partial charge in [0.2, 0.25) is 0 Å². The Morgan fingerprint density at radius 2 is 1.24 bits per heavy atom. The van der Waals surface area contributed by atoms with Crippen LogP contribution in [0.25, 0.3) is 22.5 Å². The second-order valence-corrected chi connectivity index (χ2v) is 18.7. The molecule has 0 radical (unpaired) electrons. The summed E-state index contributed by atoms with van der Waals surface area (Å²) in [6.45, 7) is 11.5. The average molecular weight is 866 g/mol. The number of anilines is 2. The molecule has 2 fully saturated rings. The number of carbonyl (C=O) groups is 1. The first-order valence-electron chi connectivity index (χ1n) is 19.2. The maximum atomic E-state index is 13.1. The molecule has 8 heterocycles. The van der Waals surface area contributed by atoms with Crippen molar-refractivity contribution in [2.45, 2.75) is 46.5 Å². The van der Waals surface area contributed by atoms with Gasteiger partial charge in [0, 0.05) is 65.1 Å². The van der Waals surface area contributed by atoms with E-state index in [1.165, 1.54) is 20.9 Å². The van der Waals surface area contributed by atoms with Crippen molar-refractivity contribution >= 4 is 63.2 Å². The number of aromatic amines is 3. The Morgan fingerprint density at radius 1 is 0.724 bits per heavy atom. The number of carbonyl (C=O) groups excluding carboxylic acids is 1. The number of aryl methyl sites for hydroxylation is 4. The Bertz CT molecular complexity index is 2450. The van der Waals surface area contributed by atoms with Crippen molar-refractivity contribution in [1.29, 1.82) is 0 Å². The van der Waals surface area contributed by atoms with Crippen LogP contribution in [-0.4, -0.2) is 88.5 Å². The molecule has 6 aromatic heterocycles. The largest absolute Gasteiger partial charge is 0.378 e. The third-order valence-electron chi connectivity index (χ3n) is 9.85. The van der Waals surface area contributed by atoms with Crippen molar-refractivity contribution < 1.29 is 14.3 Å². The Balaban J connectivity index is 0.000000180. The van der Waals surface area contributed by atoms with Gasteiger partial charge in [-0.1, -0.05) is 44.0 Å². The Kier molecular flexibility index (Phi) is 13.4. The predicted octanol–water partition coefficient (Wildman–Crippen LogP) is 7.36. The normalized spacial score (nSPS) is 14.7. The van der Waals surface area contributed by atoms with Crippen LogP contribution < -0.4 is 20.9 Å². The summed E-state index contributed by atoms with van der Waals surface area (Å²) in [5, 5.41) is 12.0. The van der Waals surface area contributed by atoms with E-state index in [4.69, 9.17) is 32.7 Å². The molecule has 2 aliphatic rings. The van der Waals surface area contributed by atoms with E-state index in [9.17, 15) is 14.4 Å². The maximum absolute atomic E-state index is 13.1. The quantitative estimate of drug-likeness (QED) is 0.128. The van der Waals surface area contributed by atoms with Crippen LogP contribution in [0.1, 0.15) is 46.7 Å². The number of nitrogens with zero attached hydrogens (tertiary/aromatic N) is 5. The first-order valence-corrected chi connectivity index (χ1v) is 21.6. The lowest BCUT2D eigenvalue weighted by Crippen LogP contribution is -2.36. The highest BCUT2D eigenvalue weighted by molar-refractivity contribution is 7.16. The fraction of sp³-hybridized carbons (Fsp3) is 0.390. The van der Waals surface area contributed by atoms with Crippen LogP contribution in [0.15, 0.2) is 70.5 Å². The van der Waals surface area contributed by atoms with E-state index in [0.29, 0.717) is 55.4 Å². The van der Waals surface area contributed by atoms with Crippen LogP contribution in [0.5, 0.6) is 0 Å². The molecule has 0 aromatic carbocycles. The zero-order chi connectivity index (χ0) is 40.8. The summed E-state index contributed by atoms with van der Waals surface area (Å²) >= 11 is 15.2. The van der Waals surface area contributed by atoms with Gasteiger partial charge in [-0.15, -0.1) is 22.7 Å². The minimum absolute atomic E-state index is 0.108. The number of morpholine rings is 2. The smallest absolute Gasteiger partial charge is 0.257 e. The number of H-pyrrole nitrogens is 3. The molecule has 6 aromatic rings. The molecule has 2 saturated heterocycles. The number of rotatable bonds is 10. The third-order valence-corrected chi connectivity index (χ3v) is 12.4. The molecule has 0 saturated carbocycles. The topological polar surface area (TPSA) is 154 Å². The molecule has 17 heteroatoms. The van der Waals surface area contributed by atoms with Gasteiger partial charge >= 0.3 is 0 Å². The molecule has 13 nitrogen and oxygen atoms in total. The molecule has 0 aliphatic carbocycles. The Morgan fingerprint density at radius 3 is 1.74 bits per heavy atom. The summed E-state index contributed by atoms with van der Waals surface area (Å²) in [5.74, 6) is -0.108. The SMILES string of the molecule is CC(C)(C)C(=O)n1nc(-c2cc(N3CCOCC3)c[nH]c2=O)cc1CCc1ccc(Cl)s1.O=c1[nH]cc(N2CCOCC2)cc1-c1cc(CCc2ccc(Cl)s2)[nH]n1. The lowest BCUT2D eigenvalue weighted by Gasteiger charge is -2.28. The molecule has 0 spiro atoms. The van der Waals surface area contributed by atoms with E-state index in [-0.39, 0.29) is 17.0 Å². The van der Waals surface area contributed by atoms with E-state index >= 15 is 0 Å². The van der Waals surface area contributed by atoms with Gasteiger partial charge in [-0.3, -0.25) is 19.5 Å². The summed E-state index contributed by atoms with van der Waals surface area (Å²) in [6, 6.07) is 15.4. The zero-order valence-electron chi connectivity index (χ0n) is 32.6. The minimum Gasteiger partial charge on any atom is -0.378 e. The van der Waals surface area contributed by atoms with Crippen LogP contribution >= 0.6 is 45.9 Å². The average Bonchev–Trinajstić information content (AvgIpc) is 4.05. The molecule has 58 heavy (non-hydrogen) atoms. The minimum atomic E-state index is -0.605. The number of aromatic nitrogens is 6. The number of thiophene rings is 2. The van der Waals surface area contributed by atoms with Crippen LogP contribution in [0.2, 0.25) is 8.67 Å². The fourth-order valence-electron chi connectivity index (χ4n) is 6.67. The molecule has 3 N–H and O–H groups in total. The van der Waals surface area contributed by atoms with Crippen molar-refractivity contribution in [2.24, 2.45) is 5.41 Å². The van der Waals surface area contributed by atoms with Crippen LogP contribution in [0.3, 0.4) is 0 Å². The van der Waals surface area contributed by atoms with Gasteiger partial charge in [0.15, 0.2) is 0 Å². The monoisotopic (exact) mass is 864 g/mol. The van der Waals surface area contributed by atoms with Crippen molar-refractivity contribution in [3.05, 3.63) is 111 Å². The van der Waals surface area contributed by atoms with Crippen molar-refractivity contribution in [3.8, 4) is 22.5 Å². The summed E-state index contributed by atoms with van der Waals surface area (Å²) in [5.41, 5.74) is 4.91. The maximum Gasteiger partial charge on any atom is 0.257 e. The molecule has 306 valence electrons. The molecule has 0 bridgehead atoms. The highest BCUT2D eigenvalue weighted by atomic mass is 35.5. The number of ether oxygens (including phenoxy) is 2. The standard InChI is InChI=1S/C23H27ClN4O3S.C18H19ClN4O2S/c1-23(2,3)22(30)28-15(4-5-17-6-7-20(24)32-17)13-19(26-28)18-12-16(14-25-21(18)29)27-8-10-31-11-9-27;19-17-4-3-14(26-17)2-1-12-9-16(22-21-12)15-10-13(11-20-18(15)24)23-5-7-25-8-6-23/h6-7,12-14H,4-5,8-11H2,1-3H3,(H,25,29);3-4,9-11H,1-2,5-8H2,(H,20,24)(H,21,22). The molecule has 8 rings (SSSR count). The summed E-state index contributed by atoms with van der Waals surface area (Å²) in [4.78, 5) is 50.5. The summed E-state index contributed by atoms with van der Waals surface area (Å²) < 4.78 is 13.8. The van der Waals surface area contributed by atoms with Gasteiger partial charge in [-0.25, -0.2) is 4.68 Å². The molecule has 0 unspecified atom stereocenters. The number of pyridine rings is 2. The van der Waals surface area contributed by atoms with E-state index in [1.54, 1.807) is 23.7 Å². The summed E-state index contributed by atoms with van der Waals surface area (Å²) in [7, 11) is 0. The molecule has 2 aliphatic heterocycles. The number of hydrogen-bond donors (Lipinski definition) is 3. The van der Waals surface area contributed by atoms with Gasteiger partial charge in [0.05, 0.1) is 69.0 Å². The molecular formula is C41H46Cl2N8O5S2. The zero-order valence-corrected chi connectivity index (χ0v) is 35.8. The first kappa shape index (κ1) is 41.6. The number of nitrogens with one attached hydrogen (secondary N) is 3. The molecular weight excluding hydrogens is 820 g/mol. The van der Waals surface area contributed by atoms with E-state index in [1.807, 2.05) is 69.3 Å². The number of hydrogen-bond acceptors (Lipinski definition) is 11. The second kappa shape index (κ2) is 18.6. The lowest BCUT2D eigenvalue weighted by atomic mass is 9.95. The van der Waals surface area contributed by atoms with Gasteiger partial charge in [-0.05, 0) is 74.2 Å². The van der Waals surface area contributed by atoms with Gasteiger partial charge < -0.3 is 29.2 Å². The van der Waals surface area contributed by atoms with Crippen molar-refractivity contribution in [3.63, 3.8) is 0 Å². The van der Waals surface area contributed by atoms with Crippen LogP contribution in [0.4, 0.5) is 11.4 Å². The van der Waals surface area contributed by atoms with Gasteiger partial charge in [0.1, 0.15) is 0 Å². The van der Waals surface area contributed by atoms with E-state index < -0.39 is 5.41 Å². The van der Waals surface area contributed by atoms with Crippen LogP contribution in [-0.2, 0) is 35.2 Å². The predicted molar refractivity (Wildman–Crippen MR) is 233 cm³/mol. The molecule has 0 atom stereocenters. The highest BCUT2D eigenvalue weighted by Gasteiger charge is 2.27. The first-order chi connectivity index (χ1) is 27.9. The van der Waals surface area contributed by atoms with Crippen molar-refractivity contribution in [2.75, 3.05) is 62.4 Å². The third kappa shape index (κ3) is 10.4. The second-order valence-electron chi connectivity index (χ2n) is 15.1. The Labute approximate surface area is 353 Å². The lowest BCUT2D eigenvalue weighted by molar-refractivity contribution is 0.0745. The van der Waals surface area contributed by atoms with Gasteiger partial charge in [-0.2, -0.15) is 10.2 Å². The molecule has 0 amide bonds. The van der Waals surface area contributed by atoms with E-state index in [2.05, 4.69) is 35.1 Å².